The van der Waals surface area contributed by atoms with Crippen molar-refractivity contribution in [2.75, 3.05) is 5.32 Å². The molecule has 0 amide bonds. The van der Waals surface area contributed by atoms with E-state index in [1.165, 1.54) is 11.6 Å². The number of hydrogen-bond donors (Lipinski definition) is 1. The summed E-state index contributed by atoms with van der Waals surface area (Å²) in [4.78, 5) is 0. The molecule has 0 radical (unpaired) electrons. The molecule has 3 rings (SSSR count). The summed E-state index contributed by atoms with van der Waals surface area (Å²) in [5.41, 5.74) is 2.78. The topological polar surface area (TPSA) is 12.0 Å². The summed E-state index contributed by atoms with van der Waals surface area (Å²) in [7, 11) is 0. The van der Waals surface area contributed by atoms with Gasteiger partial charge in [-0.25, -0.2) is 4.39 Å². The summed E-state index contributed by atoms with van der Waals surface area (Å²) < 4.78 is 14.0. The highest BCUT2D eigenvalue weighted by Crippen LogP contribution is 2.47. The lowest BCUT2D eigenvalue weighted by Gasteiger charge is -2.29. The number of halogens is 3. The highest BCUT2D eigenvalue weighted by molar-refractivity contribution is 6.31. The second-order valence-corrected chi connectivity index (χ2v) is 7.08. The van der Waals surface area contributed by atoms with Crippen molar-refractivity contribution in [3.8, 4) is 0 Å². The Morgan fingerprint density at radius 2 is 1.76 bits per heavy atom. The molecule has 0 spiro atoms. The molecule has 1 nitrogen and oxygen atoms in total. The van der Waals surface area contributed by atoms with Crippen LogP contribution in [-0.2, 0) is 6.42 Å². The first-order valence-electron chi connectivity index (χ1n) is 6.87. The number of fused-ring (bicyclic) bond motifs is 1. The maximum Gasteiger partial charge on any atom is 0.146 e. The third kappa shape index (κ3) is 2.75. The molecule has 1 unspecified atom stereocenters. The number of nitrogens with one attached hydrogen (secondary N) is 1. The van der Waals surface area contributed by atoms with E-state index in [1.54, 1.807) is 12.1 Å². The zero-order valence-corrected chi connectivity index (χ0v) is 13.4. The molecule has 2 aromatic carbocycles. The Bertz CT molecular complexity index is 697. The Hall–Kier alpha value is -1.25. The minimum absolute atomic E-state index is 0.000772. The van der Waals surface area contributed by atoms with Crippen molar-refractivity contribution in [2.24, 2.45) is 5.41 Å². The van der Waals surface area contributed by atoms with E-state index in [4.69, 9.17) is 23.2 Å². The van der Waals surface area contributed by atoms with Crippen LogP contribution < -0.4 is 5.32 Å². The van der Waals surface area contributed by atoms with Crippen LogP contribution in [0.5, 0.6) is 0 Å². The van der Waals surface area contributed by atoms with E-state index in [1.807, 2.05) is 12.1 Å². The van der Waals surface area contributed by atoms with Gasteiger partial charge in [-0.05, 0) is 53.3 Å². The van der Waals surface area contributed by atoms with E-state index < -0.39 is 0 Å². The normalized spacial score (nSPS) is 19.4. The molecular weight excluding hydrogens is 308 g/mol. The van der Waals surface area contributed by atoms with Gasteiger partial charge in [0.05, 0.1) is 11.7 Å². The molecule has 21 heavy (non-hydrogen) atoms. The molecule has 0 saturated heterocycles. The molecule has 0 saturated carbocycles. The summed E-state index contributed by atoms with van der Waals surface area (Å²) in [5.74, 6) is -0.300. The van der Waals surface area contributed by atoms with Crippen molar-refractivity contribution < 1.29 is 4.39 Å². The molecule has 0 fully saturated rings. The van der Waals surface area contributed by atoms with Crippen molar-refractivity contribution >= 4 is 28.9 Å². The second-order valence-electron chi connectivity index (χ2n) is 6.21. The van der Waals surface area contributed by atoms with E-state index in [2.05, 4.69) is 25.2 Å². The van der Waals surface area contributed by atoms with Crippen molar-refractivity contribution in [1.82, 2.24) is 0 Å². The van der Waals surface area contributed by atoms with Crippen LogP contribution >= 0.6 is 23.2 Å². The fourth-order valence-corrected chi connectivity index (χ4v) is 3.40. The average molecular weight is 324 g/mol. The van der Waals surface area contributed by atoms with Crippen molar-refractivity contribution in [3.05, 3.63) is 63.4 Å². The van der Waals surface area contributed by atoms with Gasteiger partial charge in [-0.2, -0.15) is 0 Å². The fourth-order valence-electron chi connectivity index (χ4n) is 3.05. The van der Waals surface area contributed by atoms with Crippen LogP contribution in [0.4, 0.5) is 10.1 Å². The summed E-state index contributed by atoms with van der Waals surface area (Å²) >= 11 is 12.1. The standard InChI is InChI=1S/C17H16Cl2FN/c1-17(2)9-10-3-4-11(18)7-13(10)16(17)21-15-8-12(19)5-6-14(15)20/h3-8,16,21H,9H2,1-2H3. The molecule has 0 aliphatic heterocycles. The molecule has 1 atom stereocenters. The molecule has 1 aliphatic rings. The smallest absolute Gasteiger partial charge is 0.146 e. The number of hydrogen-bond acceptors (Lipinski definition) is 1. The molecule has 1 aliphatic carbocycles. The predicted molar refractivity (Wildman–Crippen MR) is 86.7 cm³/mol. The van der Waals surface area contributed by atoms with Crippen LogP contribution in [0, 0.1) is 11.2 Å². The second kappa shape index (κ2) is 5.19. The molecule has 2 aromatic rings. The summed E-state index contributed by atoms with van der Waals surface area (Å²) in [6.45, 7) is 4.34. The van der Waals surface area contributed by atoms with Gasteiger partial charge in [0.15, 0.2) is 0 Å². The van der Waals surface area contributed by atoms with E-state index in [-0.39, 0.29) is 17.3 Å². The SMILES string of the molecule is CC1(C)Cc2ccc(Cl)cc2C1Nc1cc(Cl)ccc1F. The van der Waals surface area contributed by atoms with Gasteiger partial charge in [-0.1, -0.05) is 43.1 Å². The quantitative estimate of drug-likeness (QED) is 0.728. The molecule has 0 aromatic heterocycles. The molecule has 110 valence electrons. The Balaban J connectivity index is 2.01. The molecule has 4 heteroatoms. The monoisotopic (exact) mass is 323 g/mol. The van der Waals surface area contributed by atoms with Gasteiger partial charge >= 0.3 is 0 Å². The Morgan fingerprint density at radius 3 is 2.52 bits per heavy atom. The van der Waals surface area contributed by atoms with E-state index in [0.29, 0.717) is 15.7 Å². The third-order valence-electron chi connectivity index (χ3n) is 4.07. The number of anilines is 1. The number of benzene rings is 2. The maximum absolute atomic E-state index is 14.0. The van der Waals surface area contributed by atoms with Gasteiger partial charge in [0.2, 0.25) is 0 Å². The van der Waals surface area contributed by atoms with Crippen LogP contribution in [0.2, 0.25) is 10.0 Å². The summed E-state index contributed by atoms with van der Waals surface area (Å²) in [6, 6.07) is 10.5. The first-order valence-corrected chi connectivity index (χ1v) is 7.62. The highest BCUT2D eigenvalue weighted by atomic mass is 35.5. The first kappa shape index (κ1) is 14.7. The lowest BCUT2D eigenvalue weighted by Crippen LogP contribution is -2.25. The Kier molecular flexibility index (Phi) is 3.62. The van der Waals surface area contributed by atoms with Gasteiger partial charge in [-0.3, -0.25) is 0 Å². The van der Waals surface area contributed by atoms with Crippen LogP contribution in [0.15, 0.2) is 36.4 Å². The van der Waals surface area contributed by atoms with Gasteiger partial charge < -0.3 is 5.32 Å². The van der Waals surface area contributed by atoms with Gasteiger partial charge in [0, 0.05) is 10.0 Å². The van der Waals surface area contributed by atoms with E-state index in [9.17, 15) is 4.39 Å². The Labute approximate surface area is 134 Å². The average Bonchev–Trinajstić information content (AvgIpc) is 2.65. The fraction of sp³-hybridized carbons (Fsp3) is 0.294. The zero-order chi connectivity index (χ0) is 15.2. The molecule has 1 N–H and O–H groups in total. The summed E-state index contributed by atoms with van der Waals surface area (Å²) in [5, 5.41) is 4.52. The highest BCUT2D eigenvalue weighted by Gasteiger charge is 2.39. The Morgan fingerprint density at radius 1 is 1.10 bits per heavy atom. The molecular formula is C17H16Cl2FN. The minimum Gasteiger partial charge on any atom is -0.375 e. The van der Waals surface area contributed by atoms with Crippen LogP contribution in [0.3, 0.4) is 0 Å². The summed E-state index contributed by atoms with van der Waals surface area (Å²) in [6.07, 6.45) is 0.930. The van der Waals surface area contributed by atoms with E-state index in [0.717, 1.165) is 12.0 Å². The van der Waals surface area contributed by atoms with Crippen molar-refractivity contribution in [2.45, 2.75) is 26.3 Å². The lowest BCUT2D eigenvalue weighted by molar-refractivity contribution is 0.336. The minimum atomic E-state index is -0.300. The number of rotatable bonds is 2. The largest absolute Gasteiger partial charge is 0.375 e. The lowest BCUT2D eigenvalue weighted by atomic mass is 9.85. The molecule has 0 bridgehead atoms. The van der Waals surface area contributed by atoms with Crippen LogP contribution in [-0.4, -0.2) is 0 Å². The third-order valence-corrected chi connectivity index (χ3v) is 4.54. The maximum atomic E-state index is 14.0. The predicted octanol–water partition coefficient (Wildman–Crippen LogP) is 5.87. The van der Waals surface area contributed by atoms with Gasteiger partial charge in [0.1, 0.15) is 5.82 Å². The zero-order valence-electron chi connectivity index (χ0n) is 11.9. The first-order chi connectivity index (χ1) is 9.87. The van der Waals surface area contributed by atoms with Crippen molar-refractivity contribution in [1.29, 1.82) is 0 Å². The van der Waals surface area contributed by atoms with E-state index >= 15 is 0 Å². The van der Waals surface area contributed by atoms with Crippen molar-refractivity contribution in [3.63, 3.8) is 0 Å². The van der Waals surface area contributed by atoms with Crippen LogP contribution in [0.1, 0.15) is 31.0 Å². The van der Waals surface area contributed by atoms with Gasteiger partial charge in [0.25, 0.3) is 0 Å². The van der Waals surface area contributed by atoms with Gasteiger partial charge in [-0.15, -0.1) is 0 Å². The van der Waals surface area contributed by atoms with Crippen LogP contribution in [0.25, 0.3) is 0 Å². The molecule has 0 heterocycles.